The highest BCUT2D eigenvalue weighted by atomic mass is 19.1. The van der Waals surface area contributed by atoms with Crippen molar-refractivity contribution >= 4 is 28.6 Å². The zero-order valence-corrected chi connectivity index (χ0v) is 18.4. The Balaban J connectivity index is 1.48. The lowest BCUT2D eigenvalue weighted by atomic mass is 9.96. The van der Waals surface area contributed by atoms with Gasteiger partial charge in [-0.3, -0.25) is 15.1 Å². The first-order valence-electron chi connectivity index (χ1n) is 11.0. The molecule has 8 nitrogen and oxygen atoms in total. The summed E-state index contributed by atoms with van der Waals surface area (Å²) in [5.74, 6) is 0.805. The maximum atomic E-state index is 12.7. The van der Waals surface area contributed by atoms with Crippen LogP contribution in [0.5, 0.6) is 0 Å². The minimum absolute atomic E-state index is 0.0845. The average molecular weight is 438 g/mol. The van der Waals surface area contributed by atoms with Crippen molar-refractivity contribution < 1.29 is 9.18 Å². The zero-order valence-electron chi connectivity index (χ0n) is 18.4. The molecule has 0 unspecified atom stereocenters. The summed E-state index contributed by atoms with van der Waals surface area (Å²) in [4.78, 5) is 32.5. The molecule has 0 radical (unpaired) electrons. The van der Waals surface area contributed by atoms with E-state index in [1.807, 2.05) is 36.9 Å². The Morgan fingerprint density at radius 1 is 1.19 bits per heavy atom. The van der Waals surface area contributed by atoms with Gasteiger partial charge in [0.1, 0.15) is 12.5 Å². The van der Waals surface area contributed by atoms with Crippen LogP contribution in [0.1, 0.15) is 26.7 Å². The van der Waals surface area contributed by atoms with Gasteiger partial charge in [-0.2, -0.15) is 0 Å². The molecule has 1 saturated heterocycles. The predicted molar refractivity (Wildman–Crippen MR) is 123 cm³/mol. The van der Waals surface area contributed by atoms with Crippen molar-refractivity contribution in [3.63, 3.8) is 0 Å². The molecule has 0 spiro atoms. The van der Waals surface area contributed by atoms with Crippen molar-refractivity contribution in [1.82, 2.24) is 24.8 Å². The summed E-state index contributed by atoms with van der Waals surface area (Å²) in [6, 6.07) is 6.07. The molecule has 3 aromatic rings. The fourth-order valence-electron chi connectivity index (χ4n) is 3.86. The lowest BCUT2D eigenvalue weighted by Gasteiger charge is -2.30. The van der Waals surface area contributed by atoms with Crippen molar-refractivity contribution in [2.24, 2.45) is 5.92 Å². The van der Waals surface area contributed by atoms with E-state index in [2.05, 4.69) is 30.6 Å². The molecule has 0 aliphatic carbocycles. The van der Waals surface area contributed by atoms with Gasteiger partial charge in [0.2, 0.25) is 11.9 Å². The molecule has 2 aromatic heterocycles. The predicted octanol–water partition coefficient (Wildman–Crippen LogP) is 3.53. The molecule has 9 heteroatoms. The van der Waals surface area contributed by atoms with Crippen molar-refractivity contribution in [2.75, 3.05) is 36.9 Å². The van der Waals surface area contributed by atoms with Crippen molar-refractivity contribution in [1.29, 1.82) is 0 Å². The van der Waals surface area contributed by atoms with E-state index in [4.69, 9.17) is 0 Å². The van der Waals surface area contributed by atoms with Gasteiger partial charge in [0, 0.05) is 35.7 Å². The van der Waals surface area contributed by atoms with Gasteiger partial charge in [0.05, 0.1) is 23.6 Å². The number of alkyl halides is 1. The van der Waals surface area contributed by atoms with Gasteiger partial charge in [-0.25, -0.2) is 19.3 Å². The molecule has 1 aliphatic rings. The molecule has 1 fully saturated rings. The van der Waals surface area contributed by atoms with E-state index in [1.54, 1.807) is 18.6 Å². The number of rotatable bonds is 7. The largest absolute Gasteiger partial charge is 0.367 e. The molecule has 0 bridgehead atoms. The summed E-state index contributed by atoms with van der Waals surface area (Å²) in [6.07, 6.45) is 6.54. The highest BCUT2D eigenvalue weighted by Gasteiger charge is 2.25. The van der Waals surface area contributed by atoms with Crippen molar-refractivity contribution in [3.05, 3.63) is 36.8 Å². The minimum atomic E-state index is -0.353. The molecule has 0 atom stereocenters. The number of fused-ring (bicyclic) bond motifs is 1. The topological polar surface area (TPSA) is 95.9 Å². The van der Waals surface area contributed by atoms with Gasteiger partial charge >= 0.3 is 0 Å². The molecule has 1 aliphatic heterocycles. The number of amides is 1. The van der Waals surface area contributed by atoms with Crippen molar-refractivity contribution in [3.8, 4) is 11.3 Å². The lowest BCUT2D eigenvalue weighted by molar-refractivity contribution is -0.121. The third-order valence-corrected chi connectivity index (χ3v) is 5.54. The summed E-state index contributed by atoms with van der Waals surface area (Å²) in [5, 5.41) is 6.98. The molecule has 2 N–H and O–H groups in total. The monoisotopic (exact) mass is 437 g/mol. The molecule has 3 heterocycles. The second-order valence-electron chi connectivity index (χ2n) is 8.35. The summed E-state index contributed by atoms with van der Waals surface area (Å²) in [5.41, 5.74) is 2.34. The molecule has 32 heavy (non-hydrogen) atoms. The van der Waals surface area contributed by atoms with Crippen LogP contribution in [0.3, 0.4) is 0 Å². The van der Waals surface area contributed by atoms with E-state index in [0.29, 0.717) is 25.2 Å². The van der Waals surface area contributed by atoms with Gasteiger partial charge in [0.15, 0.2) is 0 Å². The molecule has 0 saturated carbocycles. The van der Waals surface area contributed by atoms with Gasteiger partial charge in [-0.1, -0.05) is 12.1 Å². The van der Waals surface area contributed by atoms with Crippen LogP contribution in [-0.4, -0.2) is 63.1 Å². The van der Waals surface area contributed by atoms with Crippen LogP contribution >= 0.6 is 0 Å². The zero-order chi connectivity index (χ0) is 22.5. The van der Waals surface area contributed by atoms with Gasteiger partial charge in [0.25, 0.3) is 0 Å². The van der Waals surface area contributed by atoms with Crippen LogP contribution in [0.25, 0.3) is 22.2 Å². The van der Waals surface area contributed by atoms with Crippen LogP contribution in [0.15, 0.2) is 36.8 Å². The summed E-state index contributed by atoms with van der Waals surface area (Å²) in [7, 11) is 0. The molecular weight excluding hydrogens is 409 g/mol. The molecule has 4 rings (SSSR count). The van der Waals surface area contributed by atoms with Crippen LogP contribution in [0.2, 0.25) is 0 Å². The lowest BCUT2D eigenvalue weighted by Crippen LogP contribution is -2.39. The fraction of sp³-hybridized carbons (Fsp3) is 0.435. The number of aromatic nitrogens is 4. The average Bonchev–Trinajstić information content (AvgIpc) is 2.79. The number of hydrogen-bond acceptors (Lipinski definition) is 7. The van der Waals surface area contributed by atoms with Gasteiger partial charge < -0.3 is 10.2 Å². The third-order valence-electron chi connectivity index (χ3n) is 5.54. The Kier molecular flexibility index (Phi) is 6.84. The highest BCUT2D eigenvalue weighted by Crippen LogP contribution is 2.24. The molecule has 168 valence electrons. The summed E-state index contributed by atoms with van der Waals surface area (Å²) >= 11 is 0. The number of likely N-dealkylation sites (tertiary alicyclic amines) is 1. The quantitative estimate of drug-likeness (QED) is 0.584. The first kappa shape index (κ1) is 22.0. The first-order valence-corrected chi connectivity index (χ1v) is 11.0. The standard InChI is InChI=1S/C23H28FN7O/c1-15(2)27-21-14-25-13-20(28-21)17-3-4-18-12-26-23(29-19(18)11-17)30-22(32)16-5-8-31(9-6-16)10-7-24/h3-4,11-16H,5-10H2,1-2H3,(H,27,28)(H,26,29,30,32). The highest BCUT2D eigenvalue weighted by molar-refractivity contribution is 5.92. The van der Waals surface area contributed by atoms with Crippen LogP contribution in [0.4, 0.5) is 16.2 Å². The summed E-state index contributed by atoms with van der Waals surface area (Å²) < 4.78 is 12.5. The SMILES string of the molecule is CC(C)Nc1cncc(-c2ccc3cnc(NC(=O)C4CCN(CCF)CC4)nc3c2)n1. The van der Waals surface area contributed by atoms with E-state index in [1.165, 1.54) is 0 Å². The second kappa shape index (κ2) is 9.95. The molecule has 1 aromatic carbocycles. The number of halogens is 1. The van der Waals surface area contributed by atoms with E-state index in [9.17, 15) is 9.18 Å². The van der Waals surface area contributed by atoms with Gasteiger partial charge in [-0.05, 0) is 45.8 Å². The van der Waals surface area contributed by atoms with E-state index >= 15 is 0 Å². The van der Waals surface area contributed by atoms with Crippen LogP contribution < -0.4 is 10.6 Å². The van der Waals surface area contributed by atoms with E-state index < -0.39 is 0 Å². The number of benzene rings is 1. The van der Waals surface area contributed by atoms with Crippen LogP contribution in [-0.2, 0) is 4.79 Å². The second-order valence-corrected chi connectivity index (χ2v) is 8.35. The first-order chi connectivity index (χ1) is 15.5. The number of nitrogens with one attached hydrogen (secondary N) is 2. The molecular formula is C23H28FN7O. The van der Waals surface area contributed by atoms with Crippen LogP contribution in [0, 0.1) is 5.92 Å². The van der Waals surface area contributed by atoms with E-state index in [0.717, 1.165) is 35.2 Å². The fourth-order valence-corrected chi connectivity index (χ4v) is 3.86. The maximum absolute atomic E-state index is 12.7. The van der Waals surface area contributed by atoms with E-state index in [-0.39, 0.29) is 30.5 Å². The van der Waals surface area contributed by atoms with Crippen molar-refractivity contribution in [2.45, 2.75) is 32.7 Å². The number of nitrogens with zero attached hydrogens (tertiary/aromatic N) is 5. The number of hydrogen-bond donors (Lipinski definition) is 2. The minimum Gasteiger partial charge on any atom is -0.367 e. The Morgan fingerprint density at radius 2 is 2.00 bits per heavy atom. The molecule has 1 amide bonds. The Hall–Kier alpha value is -3.20. The number of piperidine rings is 1. The normalized spacial score (nSPS) is 15.2. The Labute approximate surface area is 186 Å². The summed E-state index contributed by atoms with van der Waals surface area (Å²) in [6.45, 7) is 5.64. The Morgan fingerprint density at radius 3 is 2.75 bits per heavy atom. The number of anilines is 2. The Bertz CT molecular complexity index is 1080. The van der Waals surface area contributed by atoms with Gasteiger partial charge in [-0.15, -0.1) is 0 Å². The third kappa shape index (κ3) is 5.34. The smallest absolute Gasteiger partial charge is 0.229 e. The number of carbonyl (C=O) groups is 1. The number of carbonyl (C=O) groups excluding carboxylic acids is 1. The maximum Gasteiger partial charge on any atom is 0.229 e.